The molecule has 3 N–H and O–H groups in total. The first-order chi connectivity index (χ1) is 20.3. The van der Waals surface area contributed by atoms with Gasteiger partial charge in [0.05, 0.1) is 22.1 Å². The molecule has 0 bridgehead atoms. The van der Waals surface area contributed by atoms with E-state index in [0.29, 0.717) is 29.4 Å². The first-order valence-electron chi connectivity index (χ1n) is 14.1. The number of aryl methyl sites for hydroxylation is 2. The van der Waals surface area contributed by atoms with Crippen LogP contribution in [0.5, 0.6) is 0 Å². The number of nitrogens with zero attached hydrogens (tertiary/aromatic N) is 2. The molecule has 0 spiro atoms. The average Bonchev–Trinajstić information content (AvgIpc) is 3.29. The predicted octanol–water partition coefficient (Wildman–Crippen LogP) is 4.33. The van der Waals surface area contributed by atoms with Crippen LogP contribution in [-0.2, 0) is 32.5 Å². The number of Topliss-reactive ketones (excluding diaryl/α,β-unsaturated/α-hetero) is 1. The Morgan fingerprint density at radius 3 is 2.47 bits per heavy atom. The summed E-state index contributed by atoms with van der Waals surface area (Å²) in [7, 11) is -5.62. The molecule has 0 aromatic heterocycles. The fourth-order valence-corrected chi connectivity index (χ4v) is 6.80. The highest BCUT2D eigenvalue weighted by atomic mass is 35.5. The largest absolute Gasteiger partial charge is 0.511 e. The fraction of sp³-hybridized carbons (Fsp3) is 0.517. The van der Waals surface area contributed by atoms with Gasteiger partial charge in [0, 0.05) is 38.1 Å². The summed E-state index contributed by atoms with van der Waals surface area (Å²) in [4.78, 5) is 31.1. The molecule has 8 nitrogen and oxygen atoms in total. The van der Waals surface area contributed by atoms with E-state index < -0.39 is 34.2 Å². The maximum absolute atomic E-state index is 13.9. The maximum atomic E-state index is 13.9. The van der Waals surface area contributed by atoms with Crippen molar-refractivity contribution in [1.82, 2.24) is 14.5 Å². The standard InChI is InChI=1S/C29H35Cl2F3N4O4S/c30-23-10-7-20(16-24(23)31)8-11-27(39)25(12-14-36-43(41,42)29(32,33)34)37-15-13-22(9-6-19-4-2-1-3-5-19)38-18-21(35)17-26(38)28(37)40/h1-5,7,10,16,21-22,25-26,36H,6,8-9,11-15,17-18,35H2/t21-,22?,25-,26+/m1/s1. The molecular weight excluding hydrogens is 628 g/mol. The Balaban J connectivity index is 1.54. The molecule has 236 valence electrons. The first-order valence-corrected chi connectivity index (χ1v) is 16.4. The lowest BCUT2D eigenvalue weighted by molar-refractivity contribution is -0.142. The van der Waals surface area contributed by atoms with Crippen molar-refractivity contribution in [3.05, 3.63) is 69.7 Å². The quantitative estimate of drug-likeness (QED) is 0.350. The molecule has 2 heterocycles. The van der Waals surface area contributed by atoms with Crippen LogP contribution in [0, 0.1) is 0 Å². The van der Waals surface area contributed by atoms with Crippen molar-refractivity contribution in [1.29, 1.82) is 0 Å². The number of hydrogen-bond acceptors (Lipinski definition) is 6. The van der Waals surface area contributed by atoms with E-state index in [1.165, 1.54) is 9.62 Å². The minimum Gasteiger partial charge on any atom is -0.331 e. The molecule has 4 rings (SSSR count). The molecule has 4 atom stereocenters. The van der Waals surface area contributed by atoms with Gasteiger partial charge in [0.1, 0.15) is 0 Å². The monoisotopic (exact) mass is 662 g/mol. The van der Waals surface area contributed by atoms with Crippen molar-refractivity contribution in [3.8, 4) is 0 Å². The topological polar surface area (TPSA) is 113 Å². The molecule has 43 heavy (non-hydrogen) atoms. The molecule has 1 amide bonds. The van der Waals surface area contributed by atoms with Crippen molar-refractivity contribution in [3.63, 3.8) is 0 Å². The van der Waals surface area contributed by atoms with Crippen LogP contribution in [0.25, 0.3) is 0 Å². The van der Waals surface area contributed by atoms with E-state index >= 15 is 0 Å². The highest BCUT2D eigenvalue weighted by Crippen LogP contribution is 2.31. The number of alkyl halides is 3. The molecule has 0 saturated carbocycles. The van der Waals surface area contributed by atoms with Crippen molar-refractivity contribution < 1.29 is 31.2 Å². The predicted molar refractivity (Wildman–Crippen MR) is 159 cm³/mol. The molecule has 2 fully saturated rings. The summed E-state index contributed by atoms with van der Waals surface area (Å²) in [5.74, 6) is -0.705. The Kier molecular flexibility index (Phi) is 11.2. The van der Waals surface area contributed by atoms with Crippen LogP contribution in [0.15, 0.2) is 48.5 Å². The molecule has 2 aliphatic heterocycles. The summed E-state index contributed by atoms with van der Waals surface area (Å²) in [6.45, 7) is 0.0564. The Morgan fingerprint density at radius 1 is 1.07 bits per heavy atom. The van der Waals surface area contributed by atoms with Gasteiger partial charge in [0.2, 0.25) is 5.91 Å². The number of nitrogens with one attached hydrogen (secondary N) is 1. The number of fused-ring (bicyclic) bond motifs is 1. The van der Waals surface area contributed by atoms with Gasteiger partial charge >= 0.3 is 15.5 Å². The van der Waals surface area contributed by atoms with Gasteiger partial charge < -0.3 is 10.6 Å². The number of sulfonamides is 1. The van der Waals surface area contributed by atoms with Gasteiger partial charge in [0.25, 0.3) is 0 Å². The molecule has 0 aliphatic carbocycles. The number of rotatable bonds is 12. The van der Waals surface area contributed by atoms with E-state index in [9.17, 15) is 31.2 Å². The van der Waals surface area contributed by atoms with Crippen LogP contribution in [0.2, 0.25) is 10.0 Å². The second-order valence-electron chi connectivity index (χ2n) is 11.1. The molecule has 2 aromatic rings. The summed E-state index contributed by atoms with van der Waals surface area (Å²) in [5.41, 5.74) is 2.66. The second kappa shape index (κ2) is 14.3. The van der Waals surface area contributed by atoms with Crippen LogP contribution >= 0.6 is 23.2 Å². The van der Waals surface area contributed by atoms with E-state index in [2.05, 4.69) is 4.90 Å². The zero-order valence-corrected chi connectivity index (χ0v) is 25.7. The minimum atomic E-state index is -5.62. The first kappa shape index (κ1) is 33.7. The van der Waals surface area contributed by atoms with Crippen LogP contribution in [-0.4, -0.2) is 79.2 Å². The number of benzene rings is 2. The lowest BCUT2D eigenvalue weighted by Gasteiger charge is -2.32. The van der Waals surface area contributed by atoms with Crippen LogP contribution in [0.1, 0.15) is 43.2 Å². The zero-order valence-electron chi connectivity index (χ0n) is 23.4. The van der Waals surface area contributed by atoms with Gasteiger partial charge in [-0.1, -0.05) is 59.6 Å². The van der Waals surface area contributed by atoms with Gasteiger partial charge in [-0.2, -0.15) is 13.2 Å². The number of nitrogens with two attached hydrogens (primary N) is 1. The Hall–Kier alpha value is -2.22. The molecule has 1 unspecified atom stereocenters. The molecule has 2 aliphatic rings. The van der Waals surface area contributed by atoms with Crippen LogP contribution < -0.4 is 10.5 Å². The Bertz CT molecular complexity index is 1400. The van der Waals surface area contributed by atoms with Crippen molar-refractivity contribution in [2.45, 2.75) is 74.6 Å². The molecule has 2 aromatic carbocycles. The maximum Gasteiger partial charge on any atom is 0.511 e. The van der Waals surface area contributed by atoms with Crippen LogP contribution in [0.3, 0.4) is 0 Å². The molecular formula is C29H35Cl2F3N4O4S. The summed E-state index contributed by atoms with van der Waals surface area (Å²) >= 11 is 12.1. The summed E-state index contributed by atoms with van der Waals surface area (Å²) in [6, 6.07) is 12.9. The van der Waals surface area contributed by atoms with Gasteiger partial charge in [-0.15, -0.1) is 0 Å². The number of ketones is 1. The van der Waals surface area contributed by atoms with E-state index in [0.717, 1.165) is 24.0 Å². The third kappa shape index (κ3) is 8.49. The smallest absolute Gasteiger partial charge is 0.331 e. The fourth-order valence-electron chi connectivity index (χ4n) is 5.93. The Morgan fingerprint density at radius 2 is 1.79 bits per heavy atom. The van der Waals surface area contributed by atoms with E-state index in [-0.39, 0.29) is 49.6 Å². The summed E-state index contributed by atoms with van der Waals surface area (Å²) in [6.07, 6.45) is 2.37. The lowest BCUT2D eigenvalue weighted by Crippen LogP contribution is -2.51. The highest BCUT2D eigenvalue weighted by Gasteiger charge is 2.47. The number of halogens is 5. The number of hydrogen-bond donors (Lipinski definition) is 2. The van der Waals surface area contributed by atoms with E-state index in [1.807, 2.05) is 30.3 Å². The number of carbonyl (C=O) groups excluding carboxylic acids is 2. The van der Waals surface area contributed by atoms with Crippen molar-refractivity contribution in [2.24, 2.45) is 5.73 Å². The number of amides is 1. The van der Waals surface area contributed by atoms with E-state index in [1.54, 1.807) is 18.2 Å². The second-order valence-corrected chi connectivity index (χ2v) is 13.6. The van der Waals surface area contributed by atoms with Crippen molar-refractivity contribution in [2.75, 3.05) is 19.6 Å². The SMILES string of the molecule is N[C@@H]1C[C@H]2C(=O)N([C@H](CCNS(=O)(=O)C(F)(F)F)C(=O)CCc3ccc(Cl)c(Cl)c3)CCC(CCc3ccccc3)N2C1. The third-order valence-electron chi connectivity index (χ3n) is 8.13. The van der Waals surface area contributed by atoms with Gasteiger partial charge in [0.15, 0.2) is 5.78 Å². The third-order valence-corrected chi connectivity index (χ3v) is 10.1. The van der Waals surface area contributed by atoms with Gasteiger partial charge in [-0.05, 0) is 61.8 Å². The molecule has 0 radical (unpaired) electrons. The molecule has 14 heteroatoms. The Labute approximate surface area is 259 Å². The summed E-state index contributed by atoms with van der Waals surface area (Å²) < 4.78 is 63.7. The summed E-state index contributed by atoms with van der Waals surface area (Å²) in [5, 5.41) is 0.662. The number of carbonyl (C=O) groups is 2. The minimum absolute atomic E-state index is 0.00315. The average molecular weight is 664 g/mol. The van der Waals surface area contributed by atoms with Gasteiger partial charge in [-0.3, -0.25) is 14.5 Å². The van der Waals surface area contributed by atoms with E-state index in [4.69, 9.17) is 28.9 Å². The molecule has 2 saturated heterocycles. The van der Waals surface area contributed by atoms with Crippen LogP contribution in [0.4, 0.5) is 13.2 Å². The lowest BCUT2D eigenvalue weighted by atomic mass is 9.98. The van der Waals surface area contributed by atoms with Gasteiger partial charge in [-0.25, -0.2) is 13.1 Å². The van der Waals surface area contributed by atoms with Crippen molar-refractivity contribution >= 4 is 44.9 Å². The normalized spacial score (nSPS) is 22.3. The highest BCUT2D eigenvalue weighted by molar-refractivity contribution is 7.90. The zero-order chi connectivity index (χ0) is 31.4.